The summed E-state index contributed by atoms with van der Waals surface area (Å²) in [4.78, 5) is 19.4. The molecule has 5 rings (SSSR count). The van der Waals surface area contributed by atoms with Crippen LogP contribution in [0.1, 0.15) is 56.8 Å². The van der Waals surface area contributed by atoms with E-state index in [0.29, 0.717) is 17.7 Å². The molecule has 4 nitrogen and oxygen atoms in total. The van der Waals surface area contributed by atoms with Crippen molar-refractivity contribution in [1.29, 1.82) is 0 Å². The van der Waals surface area contributed by atoms with Crippen LogP contribution in [0.5, 0.6) is 0 Å². The molecule has 3 fully saturated rings. The van der Waals surface area contributed by atoms with E-state index in [1.807, 2.05) is 24.3 Å². The van der Waals surface area contributed by atoms with Crippen molar-refractivity contribution >= 4 is 17.0 Å². The number of carbonyl (C=O) groups is 1. The summed E-state index contributed by atoms with van der Waals surface area (Å²) >= 11 is 0. The Kier molecular flexibility index (Phi) is 3.79. The van der Waals surface area contributed by atoms with Gasteiger partial charge in [0.05, 0.1) is 0 Å². The summed E-state index contributed by atoms with van der Waals surface area (Å²) in [5.74, 6) is 4.01. The molecule has 0 radical (unpaired) electrons. The first-order valence-electron chi connectivity index (χ1n) is 9.89. The van der Waals surface area contributed by atoms with Crippen LogP contribution >= 0.6 is 0 Å². The molecule has 3 aliphatic rings. The largest absolute Gasteiger partial charge is 0.440 e. The number of hydrogen-bond donors (Lipinski definition) is 0. The smallest absolute Gasteiger partial charge is 0.222 e. The summed E-state index contributed by atoms with van der Waals surface area (Å²) in [6, 6.07) is 7.94. The number of nitrogens with zero attached hydrogens (tertiary/aromatic N) is 2. The molecule has 0 N–H and O–H groups in total. The zero-order valence-corrected chi connectivity index (χ0v) is 14.7. The van der Waals surface area contributed by atoms with Crippen LogP contribution in [0.3, 0.4) is 0 Å². The molecule has 0 unspecified atom stereocenters. The molecular formula is C21H26N2O2. The second-order valence-electron chi connectivity index (χ2n) is 8.31. The summed E-state index contributed by atoms with van der Waals surface area (Å²) in [7, 11) is 0. The minimum atomic E-state index is 0.346. The number of rotatable bonds is 3. The van der Waals surface area contributed by atoms with Gasteiger partial charge in [-0.1, -0.05) is 18.6 Å². The van der Waals surface area contributed by atoms with Crippen LogP contribution in [0.2, 0.25) is 0 Å². The Hall–Kier alpha value is -1.84. The van der Waals surface area contributed by atoms with Crippen molar-refractivity contribution in [1.82, 2.24) is 9.88 Å². The van der Waals surface area contributed by atoms with Gasteiger partial charge in [0, 0.05) is 25.4 Å². The first-order chi connectivity index (χ1) is 12.3. The van der Waals surface area contributed by atoms with E-state index < -0.39 is 0 Å². The van der Waals surface area contributed by atoms with E-state index in [1.165, 1.54) is 25.7 Å². The molecule has 2 heterocycles. The number of benzene rings is 1. The van der Waals surface area contributed by atoms with E-state index in [-0.39, 0.29) is 0 Å². The molecule has 0 spiro atoms. The lowest BCUT2D eigenvalue weighted by Crippen LogP contribution is -2.39. The predicted octanol–water partition coefficient (Wildman–Crippen LogP) is 4.36. The van der Waals surface area contributed by atoms with Gasteiger partial charge < -0.3 is 9.32 Å². The average molecular weight is 338 g/mol. The fourth-order valence-electron chi connectivity index (χ4n) is 5.42. The van der Waals surface area contributed by atoms with Gasteiger partial charge >= 0.3 is 0 Å². The molecule has 1 aromatic heterocycles. The van der Waals surface area contributed by atoms with Gasteiger partial charge in [0.1, 0.15) is 5.52 Å². The monoisotopic (exact) mass is 338 g/mol. The second-order valence-corrected chi connectivity index (χ2v) is 8.31. The Morgan fingerprint density at radius 1 is 1.12 bits per heavy atom. The third-order valence-corrected chi connectivity index (χ3v) is 6.83. The lowest BCUT2D eigenvalue weighted by molar-refractivity contribution is -0.133. The van der Waals surface area contributed by atoms with Crippen LogP contribution in [0.4, 0.5) is 0 Å². The topological polar surface area (TPSA) is 46.3 Å². The summed E-state index contributed by atoms with van der Waals surface area (Å²) in [6.07, 6.45) is 8.18. The standard InChI is InChI=1S/C21H26N2O2/c24-20(13-17-12-14-5-6-16(17)11-14)23-9-7-15(8-10-23)21-22-18-3-1-2-4-19(18)25-21/h1-4,14-17H,5-13H2/t14-,16-,17-/m1/s1. The van der Waals surface area contributed by atoms with Crippen LogP contribution in [-0.4, -0.2) is 28.9 Å². The normalized spacial score (nSPS) is 29.6. The average Bonchev–Trinajstić information content (AvgIpc) is 3.36. The number of fused-ring (bicyclic) bond motifs is 3. The Balaban J connectivity index is 1.18. The predicted molar refractivity (Wildman–Crippen MR) is 96.1 cm³/mol. The highest BCUT2D eigenvalue weighted by Gasteiger charge is 2.41. The summed E-state index contributed by atoms with van der Waals surface area (Å²) < 4.78 is 5.93. The van der Waals surface area contributed by atoms with Crippen LogP contribution in [-0.2, 0) is 4.79 Å². The number of aromatic nitrogens is 1. The molecule has 4 heteroatoms. The quantitative estimate of drug-likeness (QED) is 0.835. The molecule has 2 bridgehead atoms. The zero-order chi connectivity index (χ0) is 16.8. The molecule has 1 saturated heterocycles. The summed E-state index contributed by atoms with van der Waals surface area (Å²) in [5.41, 5.74) is 1.81. The van der Waals surface area contributed by atoms with E-state index in [2.05, 4.69) is 9.88 Å². The fraction of sp³-hybridized carbons (Fsp3) is 0.619. The van der Waals surface area contributed by atoms with Crippen molar-refractivity contribution in [2.45, 2.75) is 50.9 Å². The van der Waals surface area contributed by atoms with Crippen molar-refractivity contribution in [3.63, 3.8) is 0 Å². The highest BCUT2D eigenvalue weighted by Crippen LogP contribution is 2.49. The van der Waals surface area contributed by atoms with Gasteiger partial charge in [0.15, 0.2) is 11.5 Å². The van der Waals surface area contributed by atoms with Crippen molar-refractivity contribution in [2.75, 3.05) is 13.1 Å². The van der Waals surface area contributed by atoms with E-state index in [0.717, 1.165) is 61.2 Å². The molecule has 132 valence electrons. The van der Waals surface area contributed by atoms with Gasteiger partial charge in [-0.25, -0.2) is 4.98 Å². The number of hydrogen-bond acceptors (Lipinski definition) is 3. The molecule has 3 atom stereocenters. The molecule has 1 aliphatic heterocycles. The Morgan fingerprint density at radius 2 is 1.96 bits per heavy atom. The van der Waals surface area contributed by atoms with Gasteiger partial charge in [0.2, 0.25) is 5.91 Å². The van der Waals surface area contributed by atoms with Gasteiger partial charge in [0.25, 0.3) is 0 Å². The Bertz CT molecular complexity index is 742. The molecule has 1 aromatic carbocycles. The second kappa shape index (κ2) is 6.15. The van der Waals surface area contributed by atoms with Gasteiger partial charge in [-0.2, -0.15) is 0 Å². The maximum atomic E-state index is 12.7. The number of para-hydroxylation sites is 2. The van der Waals surface area contributed by atoms with Crippen LogP contribution in [0, 0.1) is 17.8 Å². The van der Waals surface area contributed by atoms with E-state index >= 15 is 0 Å². The third kappa shape index (κ3) is 2.86. The van der Waals surface area contributed by atoms with Crippen LogP contribution < -0.4 is 0 Å². The number of piperidine rings is 1. The molecule has 2 aliphatic carbocycles. The maximum Gasteiger partial charge on any atom is 0.222 e. The van der Waals surface area contributed by atoms with Crippen LogP contribution in [0.25, 0.3) is 11.1 Å². The maximum absolute atomic E-state index is 12.7. The number of likely N-dealkylation sites (tertiary alicyclic amines) is 1. The lowest BCUT2D eigenvalue weighted by Gasteiger charge is -2.32. The number of amides is 1. The fourth-order valence-corrected chi connectivity index (χ4v) is 5.42. The van der Waals surface area contributed by atoms with Crippen molar-refractivity contribution in [2.24, 2.45) is 17.8 Å². The summed E-state index contributed by atoms with van der Waals surface area (Å²) in [6.45, 7) is 1.70. The molecular weight excluding hydrogens is 312 g/mol. The van der Waals surface area contributed by atoms with Crippen molar-refractivity contribution in [3.8, 4) is 0 Å². The van der Waals surface area contributed by atoms with E-state index in [4.69, 9.17) is 4.42 Å². The Labute approximate surface area is 148 Å². The highest BCUT2D eigenvalue weighted by atomic mass is 16.3. The van der Waals surface area contributed by atoms with Crippen molar-refractivity contribution < 1.29 is 9.21 Å². The first-order valence-corrected chi connectivity index (χ1v) is 9.89. The summed E-state index contributed by atoms with van der Waals surface area (Å²) in [5, 5.41) is 0. The van der Waals surface area contributed by atoms with Crippen LogP contribution in [0.15, 0.2) is 28.7 Å². The minimum Gasteiger partial charge on any atom is -0.440 e. The SMILES string of the molecule is O=C(C[C@H]1C[C@@H]2CC[C@@H]1C2)N1CCC(c2nc3ccccc3o2)CC1. The number of oxazole rings is 1. The van der Waals surface area contributed by atoms with Gasteiger partial charge in [-0.15, -0.1) is 0 Å². The lowest BCUT2D eigenvalue weighted by atomic mass is 9.86. The third-order valence-electron chi connectivity index (χ3n) is 6.83. The van der Waals surface area contributed by atoms with Gasteiger partial charge in [-0.05, 0) is 62.0 Å². The van der Waals surface area contributed by atoms with E-state index in [1.54, 1.807) is 0 Å². The number of carbonyl (C=O) groups excluding carboxylic acids is 1. The molecule has 2 saturated carbocycles. The van der Waals surface area contributed by atoms with Crippen molar-refractivity contribution in [3.05, 3.63) is 30.2 Å². The molecule has 25 heavy (non-hydrogen) atoms. The first kappa shape index (κ1) is 15.4. The molecule has 2 aromatic rings. The molecule has 1 amide bonds. The highest BCUT2D eigenvalue weighted by molar-refractivity contribution is 5.76. The van der Waals surface area contributed by atoms with Gasteiger partial charge in [-0.3, -0.25) is 4.79 Å². The Morgan fingerprint density at radius 3 is 2.68 bits per heavy atom. The van der Waals surface area contributed by atoms with E-state index in [9.17, 15) is 4.79 Å². The minimum absolute atomic E-state index is 0.346. The zero-order valence-electron chi connectivity index (χ0n) is 14.7.